The average Bonchev–Trinajstić information content (AvgIpc) is 2.68. The molecule has 142 valence electrons. The highest BCUT2D eigenvalue weighted by Gasteiger charge is 2.30. The van der Waals surface area contributed by atoms with Crippen LogP contribution in [0.3, 0.4) is 0 Å². The zero-order chi connectivity index (χ0) is 19.4. The molecule has 1 unspecified atom stereocenters. The van der Waals surface area contributed by atoms with Gasteiger partial charge in [-0.15, -0.1) is 0 Å². The third kappa shape index (κ3) is 4.03. The van der Waals surface area contributed by atoms with Crippen LogP contribution in [-0.4, -0.2) is 58.0 Å². The number of hydrogen-bond donors (Lipinski definition) is 2. The molecule has 2 aromatic carbocycles. The number of aldehydes is 1. The number of carbonyl (C=O) groups is 2. The maximum absolute atomic E-state index is 13.0. The van der Waals surface area contributed by atoms with E-state index in [1.54, 1.807) is 53.9 Å². The second kappa shape index (κ2) is 8.35. The SMILES string of the molecule is Cc1c(O)cccc1OCC1CSCCN1C(=O)c1cccc(O)c1C=O. The molecule has 1 fully saturated rings. The van der Waals surface area contributed by atoms with E-state index in [2.05, 4.69) is 0 Å². The van der Waals surface area contributed by atoms with Crippen LogP contribution in [0, 0.1) is 6.92 Å². The summed E-state index contributed by atoms with van der Waals surface area (Å²) < 4.78 is 5.87. The minimum absolute atomic E-state index is 0.00391. The van der Waals surface area contributed by atoms with Crippen molar-refractivity contribution in [2.24, 2.45) is 0 Å². The minimum Gasteiger partial charge on any atom is -0.508 e. The minimum atomic E-state index is -0.297. The quantitative estimate of drug-likeness (QED) is 0.767. The molecule has 2 N–H and O–H groups in total. The number of amides is 1. The average molecular weight is 387 g/mol. The molecule has 0 aromatic heterocycles. The standard InChI is InChI=1S/C20H21NO5S/c1-13-17(23)5-3-7-19(13)26-11-14-12-27-9-8-21(14)20(25)15-4-2-6-18(24)16(15)10-22/h2-7,10,14,23-24H,8-9,11-12H2,1H3. The van der Waals surface area contributed by atoms with Gasteiger partial charge in [-0.2, -0.15) is 11.8 Å². The largest absolute Gasteiger partial charge is 0.508 e. The van der Waals surface area contributed by atoms with Crippen LogP contribution in [0.5, 0.6) is 17.2 Å². The fraction of sp³-hybridized carbons (Fsp3) is 0.300. The summed E-state index contributed by atoms with van der Waals surface area (Å²) in [6.45, 7) is 2.58. The lowest BCUT2D eigenvalue weighted by atomic mass is 10.1. The number of rotatable bonds is 5. The number of thioether (sulfide) groups is 1. The van der Waals surface area contributed by atoms with Gasteiger partial charge in [0.25, 0.3) is 5.91 Å². The molecule has 3 rings (SSSR count). The number of aromatic hydroxyl groups is 2. The summed E-state index contributed by atoms with van der Waals surface area (Å²) in [5.41, 5.74) is 0.842. The maximum atomic E-state index is 13.0. The third-order valence-corrected chi connectivity index (χ3v) is 5.70. The van der Waals surface area contributed by atoms with Gasteiger partial charge in [-0.3, -0.25) is 9.59 Å². The van der Waals surface area contributed by atoms with E-state index < -0.39 is 0 Å². The molecular formula is C20H21NO5S. The molecular weight excluding hydrogens is 366 g/mol. The summed E-state index contributed by atoms with van der Waals surface area (Å²) in [5.74, 6) is 1.74. The van der Waals surface area contributed by atoms with Gasteiger partial charge in [0.15, 0.2) is 6.29 Å². The Bertz CT molecular complexity index is 854. The Labute approximate surface area is 161 Å². The second-order valence-corrected chi connectivity index (χ2v) is 7.44. The van der Waals surface area contributed by atoms with E-state index in [1.165, 1.54) is 6.07 Å². The molecule has 1 atom stereocenters. The van der Waals surface area contributed by atoms with E-state index in [0.29, 0.717) is 29.9 Å². The molecule has 0 spiro atoms. The summed E-state index contributed by atoms with van der Waals surface area (Å²) in [6, 6.07) is 9.38. The van der Waals surface area contributed by atoms with E-state index >= 15 is 0 Å². The first-order valence-electron chi connectivity index (χ1n) is 8.60. The Morgan fingerprint density at radius 1 is 1.26 bits per heavy atom. The molecule has 7 heteroatoms. The Morgan fingerprint density at radius 2 is 2.00 bits per heavy atom. The van der Waals surface area contributed by atoms with Crippen molar-refractivity contribution in [3.63, 3.8) is 0 Å². The van der Waals surface area contributed by atoms with E-state index in [9.17, 15) is 19.8 Å². The maximum Gasteiger partial charge on any atom is 0.255 e. The zero-order valence-electron chi connectivity index (χ0n) is 14.9. The Morgan fingerprint density at radius 3 is 2.78 bits per heavy atom. The molecule has 6 nitrogen and oxygen atoms in total. The van der Waals surface area contributed by atoms with E-state index in [-0.39, 0.29) is 41.2 Å². The molecule has 0 radical (unpaired) electrons. The van der Waals surface area contributed by atoms with Crippen molar-refractivity contribution >= 4 is 24.0 Å². The number of hydrogen-bond acceptors (Lipinski definition) is 6. The van der Waals surface area contributed by atoms with E-state index in [0.717, 1.165) is 5.75 Å². The lowest BCUT2D eigenvalue weighted by molar-refractivity contribution is 0.0645. The van der Waals surface area contributed by atoms with Gasteiger partial charge in [0.05, 0.1) is 17.2 Å². The fourth-order valence-electron chi connectivity index (χ4n) is 3.02. The summed E-state index contributed by atoms with van der Waals surface area (Å²) >= 11 is 1.73. The molecule has 2 aromatic rings. The van der Waals surface area contributed by atoms with Crippen LogP contribution in [0.4, 0.5) is 0 Å². The van der Waals surface area contributed by atoms with Gasteiger partial charge in [0, 0.05) is 23.6 Å². The summed E-state index contributed by atoms with van der Waals surface area (Å²) in [5, 5.41) is 19.7. The van der Waals surface area contributed by atoms with Gasteiger partial charge in [-0.05, 0) is 31.2 Å². The van der Waals surface area contributed by atoms with E-state index in [4.69, 9.17) is 4.74 Å². The summed E-state index contributed by atoms with van der Waals surface area (Å²) in [4.78, 5) is 26.0. The monoisotopic (exact) mass is 387 g/mol. The highest BCUT2D eigenvalue weighted by Crippen LogP contribution is 2.28. The lowest BCUT2D eigenvalue weighted by Crippen LogP contribution is -2.49. The van der Waals surface area contributed by atoms with Crippen LogP contribution in [0.1, 0.15) is 26.3 Å². The smallest absolute Gasteiger partial charge is 0.255 e. The topological polar surface area (TPSA) is 87.1 Å². The molecule has 1 amide bonds. The summed E-state index contributed by atoms with van der Waals surface area (Å²) in [7, 11) is 0. The van der Waals surface area contributed by atoms with Crippen molar-refractivity contribution in [2.45, 2.75) is 13.0 Å². The molecule has 27 heavy (non-hydrogen) atoms. The van der Waals surface area contributed by atoms with Crippen molar-refractivity contribution in [3.8, 4) is 17.2 Å². The normalized spacial score (nSPS) is 16.8. The molecule has 0 saturated carbocycles. The molecule has 1 heterocycles. The van der Waals surface area contributed by atoms with Crippen molar-refractivity contribution in [2.75, 3.05) is 24.7 Å². The molecule has 1 saturated heterocycles. The van der Waals surface area contributed by atoms with Crippen LogP contribution in [0.15, 0.2) is 36.4 Å². The number of benzene rings is 2. The first-order valence-corrected chi connectivity index (χ1v) is 9.75. The van der Waals surface area contributed by atoms with Crippen molar-refractivity contribution in [1.82, 2.24) is 4.90 Å². The Hall–Kier alpha value is -2.67. The van der Waals surface area contributed by atoms with E-state index in [1.807, 2.05) is 0 Å². The van der Waals surface area contributed by atoms with Crippen LogP contribution in [0.2, 0.25) is 0 Å². The van der Waals surface area contributed by atoms with Gasteiger partial charge < -0.3 is 19.8 Å². The van der Waals surface area contributed by atoms with Gasteiger partial charge in [-0.1, -0.05) is 12.1 Å². The van der Waals surface area contributed by atoms with Crippen molar-refractivity contribution in [1.29, 1.82) is 0 Å². The molecule has 1 aliphatic heterocycles. The second-order valence-electron chi connectivity index (χ2n) is 6.29. The van der Waals surface area contributed by atoms with Crippen LogP contribution in [0.25, 0.3) is 0 Å². The Kier molecular flexibility index (Phi) is 5.91. The highest BCUT2D eigenvalue weighted by atomic mass is 32.2. The molecule has 0 bridgehead atoms. The number of phenolic OH excluding ortho intramolecular Hbond substituents is 2. The molecule has 1 aliphatic rings. The van der Waals surface area contributed by atoms with Crippen molar-refractivity contribution in [3.05, 3.63) is 53.1 Å². The third-order valence-electron chi connectivity index (χ3n) is 4.61. The highest BCUT2D eigenvalue weighted by molar-refractivity contribution is 7.99. The first-order chi connectivity index (χ1) is 13.0. The Balaban J connectivity index is 1.79. The predicted molar refractivity (Wildman–Crippen MR) is 104 cm³/mol. The zero-order valence-corrected chi connectivity index (χ0v) is 15.7. The summed E-state index contributed by atoms with van der Waals surface area (Å²) in [6.07, 6.45) is 0.503. The van der Waals surface area contributed by atoms with Crippen molar-refractivity contribution < 1.29 is 24.5 Å². The van der Waals surface area contributed by atoms with Gasteiger partial charge in [-0.25, -0.2) is 0 Å². The fourth-order valence-corrected chi connectivity index (χ4v) is 4.06. The van der Waals surface area contributed by atoms with Gasteiger partial charge >= 0.3 is 0 Å². The van der Waals surface area contributed by atoms with Gasteiger partial charge in [0.2, 0.25) is 0 Å². The van der Waals surface area contributed by atoms with Gasteiger partial charge in [0.1, 0.15) is 23.9 Å². The number of carbonyl (C=O) groups excluding carboxylic acids is 2. The lowest BCUT2D eigenvalue weighted by Gasteiger charge is -2.35. The number of ether oxygens (including phenoxy) is 1. The number of nitrogens with zero attached hydrogens (tertiary/aromatic N) is 1. The molecule has 0 aliphatic carbocycles. The predicted octanol–water partition coefficient (Wildman–Crippen LogP) is 2.86. The number of phenols is 2. The first kappa shape index (κ1) is 19.1. The van der Waals surface area contributed by atoms with Crippen LogP contribution < -0.4 is 4.74 Å². The van der Waals surface area contributed by atoms with Crippen LogP contribution in [-0.2, 0) is 0 Å². The van der Waals surface area contributed by atoms with Crippen LogP contribution >= 0.6 is 11.8 Å².